The zero-order valence-corrected chi connectivity index (χ0v) is 12.9. The summed E-state index contributed by atoms with van der Waals surface area (Å²) in [5.74, 6) is 0.204. The maximum absolute atomic E-state index is 12.1. The van der Waals surface area contributed by atoms with Gasteiger partial charge in [-0.05, 0) is 31.4 Å². The van der Waals surface area contributed by atoms with Gasteiger partial charge in [-0.1, -0.05) is 18.9 Å². The molecule has 0 aromatic carbocycles. The second kappa shape index (κ2) is 7.41. The molecule has 0 aliphatic heterocycles. The van der Waals surface area contributed by atoms with E-state index in [1.54, 1.807) is 18.1 Å². The lowest BCUT2D eigenvalue weighted by Crippen LogP contribution is -2.42. The average molecular weight is 291 g/mol. The van der Waals surface area contributed by atoms with Crippen LogP contribution in [0.5, 0.6) is 0 Å². The molecule has 2 amide bonds. The summed E-state index contributed by atoms with van der Waals surface area (Å²) in [6.45, 7) is 3.02. The Morgan fingerprint density at radius 1 is 1.43 bits per heavy atom. The van der Waals surface area contributed by atoms with Gasteiger partial charge in [-0.25, -0.2) is 4.79 Å². The number of hydrogen-bond acceptors (Lipinski definition) is 3. The van der Waals surface area contributed by atoms with E-state index in [-0.39, 0.29) is 18.1 Å². The third-order valence-corrected chi connectivity index (χ3v) is 4.14. The minimum atomic E-state index is -0.268. The maximum atomic E-state index is 12.1. The molecule has 1 saturated carbocycles. The number of aliphatic hydroxyl groups is 1. The minimum Gasteiger partial charge on any atom is -0.393 e. The Kier molecular flexibility index (Phi) is 5.56. The number of aliphatic hydroxyl groups excluding tert-OH is 1. The van der Waals surface area contributed by atoms with Crippen molar-refractivity contribution in [2.75, 3.05) is 13.6 Å². The molecule has 5 nitrogen and oxygen atoms in total. The fourth-order valence-corrected chi connectivity index (χ4v) is 2.75. The summed E-state index contributed by atoms with van der Waals surface area (Å²) in [5, 5.41) is 12.9. The number of rotatable bonds is 4. The molecule has 1 aromatic rings. The second-order valence-corrected chi connectivity index (χ2v) is 5.96. The predicted molar refractivity (Wildman–Crippen MR) is 81.8 cm³/mol. The normalized spacial score (nSPS) is 21.9. The molecule has 1 heterocycles. The van der Waals surface area contributed by atoms with Crippen LogP contribution in [0, 0.1) is 12.8 Å². The molecule has 1 aromatic heterocycles. The quantitative estimate of drug-likeness (QED) is 0.892. The molecular weight excluding hydrogens is 266 g/mol. The Balaban J connectivity index is 1.78. The highest BCUT2D eigenvalue weighted by Crippen LogP contribution is 2.24. The number of carbonyl (C=O) groups excluding carboxylic acids is 1. The smallest absolute Gasteiger partial charge is 0.317 e. The molecular formula is C16H25N3O2. The van der Waals surface area contributed by atoms with Gasteiger partial charge in [-0.3, -0.25) is 4.98 Å². The number of amides is 2. The largest absolute Gasteiger partial charge is 0.393 e. The highest BCUT2D eigenvalue weighted by molar-refractivity contribution is 5.73. The fourth-order valence-electron chi connectivity index (χ4n) is 2.75. The van der Waals surface area contributed by atoms with E-state index in [4.69, 9.17) is 0 Å². The second-order valence-electron chi connectivity index (χ2n) is 5.96. The summed E-state index contributed by atoms with van der Waals surface area (Å²) in [7, 11) is 1.78. The van der Waals surface area contributed by atoms with Gasteiger partial charge in [0.1, 0.15) is 0 Å². The van der Waals surface area contributed by atoms with Crippen molar-refractivity contribution >= 4 is 6.03 Å². The molecule has 2 rings (SSSR count). The van der Waals surface area contributed by atoms with Crippen molar-refractivity contribution in [2.45, 2.75) is 45.3 Å². The third-order valence-electron chi connectivity index (χ3n) is 4.14. The molecule has 2 N–H and O–H groups in total. The van der Waals surface area contributed by atoms with E-state index in [0.29, 0.717) is 13.1 Å². The SMILES string of the molecule is Cc1ccc(CNC(=O)N(C)CC2CCCCC2O)cn1. The van der Waals surface area contributed by atoms with Crippen LogP contribution in [0.2, 0.25) is 0 Å². The summed E-state index contributed by atoms with van der Waals surface area (Å²) < 4.78 is 0. The standard InChI is InChI=1S/C16H25N3O2/c1-12-7-8-13(9-17-12)10-18-16(21)19(2)11-14-5-3-4-6-15(14)20/h7-9,14-15,20H,3-6,10-11H2,1-2H3,(H,18,21). The lowest BCUT2D eigenvalue weighted by Gasteiger charge is -2.31. The first-order chi connectivity index (χ1) is 10.1. The fraction of sp³-hybridized carbons (Fsp3) is 0.625. The van der Waals surface area contributed by atoms with E-state index < -0.39 is 0 Å². The van der Waals surface area contributed by atoms with Crippen LogP contribution < -0.4 is 5.32 Å². The van der Waals surface area contributed by atoms with Gasteiger partial charge >= 0.3 is 6.03 Å². The van der Waals surface area contributed by atoms with Gasteiger partial charge < -0.3 is 15.3 Å². The van der Waals surface area contributed by atoms with Crippen molar-refractivity contribution < 1.29 is 9.90 Å². The minimum absolute atomic E-state index is 0.103. The molecule has 21 heavy (non-hydrogen) atoms. The lowest BCUT2D eigenvalue weighted by molar-refractivity contribution is 0.0565. The van der Waals surface area contributed by atoms with Crippen LogP contribution in [-0.4, -0.2) is 40.7 Å². The van der Waals surface area contributed by atoms with E-state index in [1.807, 2.05) is 19.1 Å². The van der Waals surface area contributed by atoms with Crippen molar-refractivity contribution in [3.8, 4) is 0 Å². The molecule has 0 saturated heterocycles. The summed E-state index contributed by atoms with van der Waals surface area (Å²) >= 11 is 0. The molecule has 0 radical (unpaired) electrons. The highest BCUT2D eigenvalue weighted by Gasteiger charge is 2.25. The van der Waals surface area contributed by atoms with E-state index >= 15 is 0 Å². The van der Waals surface area contributed by atoms with Crippen LogP contribution in [0.25, 0.3) is 0 Å². The van der Waals surface area contributed by atoms with Crippen molar-refractivity contribution in [1.82, 2.24) is 15.2 Å². The number of nitrogens with one attached hydrogen (secondary N) is 1. The number of aryl methyl sites for hydroxylation is 1. The molecule has 1 aliphatic rings. The van der Waals surface area contributed by atoms with Crippen LogP contribution >= 0.6 is 0 Å². The van der Waals surface area contributed by atoms with Gasteiger partial charge in [0.2, 0.25) is 0 Å². The third kappa shape index (κ3) is 4.70. The zero-order valence-electron chi connectivity index (χ0n) is 12.9. The number of nitrogens with zero attached hydrogens (tertiary/aromatic N) is 2. The molecule has 5 heteroatoms. The Morgan fingerprint density at radius 3 is 2.86 bits per heavy atom. The first-order valence-electron chi connectivity index (χ1n) is 7.65. The van der Waals surface area contributed by atoms with Gasteiger partial charge in [-0.2, -0.15) is 0 Å². The van der Waals surface area contributed by atoms with Crippen molar-refractivity contribution in [1.29, 1.82) is 0 Å². The van der Waals surface area contributed by atoms with Crippen molar-refractivity contribution in [2.24, 2.45) is 5.92 Å². The Morgan fingerprint density at radius 2 is 2.19 bits per heavy atom. The summed E-state index contributed by atoms with van der Waals surface area (Å²) in [4.78, 5) is 18.0. The van der Waals surface area contributed by atoms with E-state index in [9.17, 15) is 9.90 Å². The summed E-state index contributed by atoms with van der Waals surface area (Å²) in [5.41, 5.74) is 1.95. The lowest BCUT2D eigenvalue weighted by atomic mass is 9.86. The number of aromatic nitrogens is 1. The molecule has 1 aliphatic carbocycles. The van der Waals surface area contributed by atoms with Crippen LogP contribution in [0.1, 0.15) is 36.9 Å². The summed E-state index contributed by atoms with van der Waals surface area (Å²) in [6.07, 6.45) is 5.60. The Bertz CT molecular complexity index is 461. The van der Waals surface area contributed by atoms with E-state index in [0.717, 1.165) is 36.9 Å². The number of hydrogen-bond donors (Lipinski definition) is 2. The van der Waals surface area contributed by atoms with Gasteiger partial charge in [-0.15, -0.1) is 0 Å². The van der Waals surface area contributed by atoms with Crippen LogP contribution in [-0.2, 0) is 6.54 Å². The first-order valence-corrected chi connectivity index (χ1v) is 7.65. The van der Waals surface area contributed by atoms with Gasteiger partial charge in [0.05, 0.1) is 6.10 Å². The van der Waals surface area contributed by atoms with Crippen molar-refractivity contribution in [3.63, 3.8) is 0 Å². The topological polar surface area (TPSA) is 65.5 Å². The molecule has 2 atom stereocenters. The number of carbonyl (C=O) groups is 1. The number of urea groups is 1. The van der Waals surface area contributed by atoms with Gasteiger partial charge in [0.25, 0.3) is 0 Å². The summed E-state index contributed by atoms with van der Waals surface area (Å²) in [6, 6.07) is 3.80. The predicted octanol–water partition coefficient (Wildman–Crippen LogP) is 2.08. The van der Waals surface area contributed by atoms with Gasteiger partial charge in [0, 0.05) is 37.9 Å². The monoisotopic (exact) mass is 291 g/mol. The molecule has 116 valence electrons. The highest BCUT2D eigenvalue weighted by atomic mass is 16.3. The van der Waals surface area contributed by atoms with E-state index in [1.165, 1.54) is 0 Å². The molecule has 1 fully saturated rings. The number of pyridine rings is 1. The average Bonchev–Trinajstić information content (AvgIpc) is 2.48. The maximum Gasteiger partial charge on any atom is 0.317 e. The van der Waals surface area contributed by atoms with Crippen LogP contribution in [0.15, 0.2) is 18.3 Å². The Labute approximate surface area is 126 Å². The van der Waals surface area contributed by atoms with E-state index in [2.05, 4.69) is 10.3 Å². The van der Waals surface area contributed by atoms with Crippen molar-refractivity contribution in [3.05, 3.63) is 29.6 Å². The van der Waals surface area contributed by atoms with Crippen LogP contribution in [0.3, 0.4) is 0 Å². The molecule has 2 unspecified atom stereocenters. The first kappa shape index (κ1) is 15.8. The zero-order chi connectivity index (χ0) is 15.2. The molecule has 0 spiro atoms. The van der Waals surface area contributed by atoms with Gasteiger partial charge in [0.15, 0.2) is 0 Å². The molecule has 0 bridgehead atoms. The van der Waals surface area contributed by atoms with Crippen LogP contribution in [0.4, 0.5) is 4.79 Å². The Hall–Kier alpha value is -1.62.